The van der Waals surface area contributed by atoms with Gasteiger partial charge in [0, 0.05) is 23.5 Å². The zero-order chi connectivity index (χ0) is 13.2. The third kappa shape index (κ3) is 2.58. The van der Waals surface area contributed by atoms with Crippen molar-refractivity contribution in [2.24, 2.45) is 0 Å². The maximum absolute atomic E-state index is 4.68. The molecular formula is C15H15N3S. The van der Waals surface area contributed by atoms with Gasteiger partial charge in [0.2, 0.25) is 0 Å². The van der Waals surface area contributed by atoms with Gasteiger partial charge in [0.25, 0.3) is 0 Å². The Hall–Kier alpha value is -1.94. The van der Waals surface area contributed by atoms with Crippen molar-refractivity contribution in [3.05, 3.63) is 52.5 Å². The van der Waals surface area contributed by atoms with Gasteiger partial charge in [0.15, 0.2) is 0 Å². The molecule has 0 N–H and O–H groups in total. The summed E-state index contributed by atoms with van der Waals surface area (Å²) >= 11 is 1.70. The highest BCUT2D eigenvalue weighted by Crippen LogP contribution is 2.19. The lowest BCUT2D eigenvalue weighted by Gasteiger charge is -2.17. The van der Waals surface area contributed by atoms with Crippen LogP contribution in [0.25, 0.3) is 10.9 Å². The number of anilines is 1. The van der Waals surface area contributed by atoms with E-state index in [1.54, 1.807) is 11.3 Å². The van der Waals surface area contributed by atoms with Crippen LogP contribution in [0.15, 0.2) is 41.8 Å². The summed E-state index contributed by atoms with van der Waals surface area (Å²) in [6, 6.07) is 12.3. The minimum atomic E-state index is 0.795. The van der Waals surface area contributed by atoms with E-state index in [1.807, 2.05) is 32.2 Å². The molecule has 3 rings (SSSR count). The fourth-order valence-electron chi connectivity index (χ4n) is 2.03. The smallest absolute Gasteiger partial charge is 0.129 e. The molecule has 0 aliphatic rings. The van der Waals surface area contributed by atoms with E-state index in [-0.39, 0.29) is 0 Å². The van der Waals surface area contributed by atoms with Crippen molar-refractivity contribution in [2.75, 3.05) is 11.9 Å². The van der Waals surface area contributed by atoms with Gasteiger partial charge >= 0.3 is 0 Å². The highest BCUT2D eigenvalue weighted by molar-refractivity contribution is 7.09. The first-order valence-electron chi connectivity index (χ1n) is 6.20. The van der Waals surface area contributed by atoms with E-state index in [9.17, 15) is 0 Å². The van der Waals surface area contributed by atoms with E-state index >= 15 is 0 Å². The number of hydrogen-bond donors (Lipinski definition) is 0. The molecule has 3 nitrogen and oxygen atoms in total. The van der Waals surface area contributed by atoms with Gasteiger partial charge < -0.3 is 4.90 Å². The molecule has 0 saturated heterocycles. The molecule has 0 atom stereocenters. The molecule has 0 aliphatic carbocycles. The van der Waals surface area contributed by atoms with E-state index in [4.69, 9.17) is 0 Å². The van der Waals surface area contributed by atoms with Crippen LogP contribution in [0.4, 0.5) is 5.82 Å². The molecule has 0 bridgehead atoms. The first kappa shape index (κ1) is 12.1. The summed E-state index contributed by atoms with van der Waals surface area (Å²) in [5.41, 5.74) is 2.11. The SMILES string of the molecule is Cc1csc(CN(C)c2ccc3ccccc3n2)n1. The van der Waals surface area contributed by atoms with Crippen LogP contribution in [-0.2, 0) is 6.54 Å². The summed E-state index contributed by atoms with van der Waals surface area (Å²) in [4.78, 5) is 11.3. The molecule has 0 unspecified atom stereocenters. The Kier molecular flexibility index (Phi) is 3.17. The van der Waals surface area contributed by atoms with Gasteiger partial charge in [-0.05, 0) is 25.1 Å². The number of benzene rings is 1. The van der Waals surface area contributed by atoms with Crippen molar-refractivity contribution >= 4 is 28.1 Å². The Morgan fingerprint density at radius 1 is 1.11 bits per heavy atom. The fourth-order valence-corrected chi connectivity index (χ4v) is 2.85. The molecule has 0 fully saturated rings. The van der Waals surface area contributed by atoms with E-state index in [0.29, 0.717) is 0 Å². The normalized spacial score (nSPS) is 10.8. The minimum Gasteiger partial charge on any atom is -0.353 e. The van der Waals surface area contributed by atoms with E-state index in [0.717, 1.165) is 28.6 Å². The predicted octanol–water partition coefficient (Wildman–Crippen LogP) is 3.64. The monoisotopic (exact) mass is 269 g/mol. The standard InChI is InChI=1S/C15H15N3S/c1-11-10-19-15(16-11)9-18(2)14-8-7-12-5-3-4-6-13(12)17-14/h3-8,10H,9H2,1-2H3. The molecule has 0 radical (unpaired) electrons. The second-order valence-electron chi connectivity index (χ2n) is 4.60. The van der Waals surface area contributed by atoms with Gasteiger partial charge in [-0.1, -0.05) is 18.2 Å². The van der Waals surface area contributed by atoms with Crippen molar-refractivity contribution in [3.63, 3.8) is 0 Å². The number of aryl methyl sites for hydroxylation is 1. The van der Waals surface area contributed by atoms with Crippen LogP contribution in [0.5, 0.6) is 0 Å². The van der Waals surface area contributed by atoms with E-state index in [2.05, 4.69) is 38.4 Å². The maximum atomic E-state index is 4.68. The highest BCUT2D eigenvalue weighted by Gasteiger charge is 2.07. The average Bonchev–Trinajstić information content (AvgIpc) is 2.83. The number of pyridine rings is 1. The van der Waals surface area contributed by atoms with E-state index in [1.165, 1.54) is 5.39 Å². The van der Waals surface area contributed by atoms with Crippen LogP contribution in [0.3, 0.4) is 0 Å². The molecule has 2 heterocycles. The number of thiazole rings is 1. The zero-order valence-corrected chi connectivity index (χ0v) is 11.8. The van der Waals surface area contributed by atoms with Crippen LogP contribution < -0.4 is 4.90 Å². The summed E-state index contributed by atoms with van der Waals surface area (Å²) in [7, 11) is 2.05. The topological polar surface area (TPSA) is 29.0 Å². The van der Waals surface area contributed by atoms with Crippen molar-refractivity contribution < 1.29 is 0 Å². The lowest BCUT2D eigenvalue weighted by Crippen LogP contribution is -2.17. The van der Waals surface area contributed by atoms with Crippen molar-refractivity contribution in [1.82, 2.24) is 9.97 Å². The number of aromatic nitrogens is 2. The number of para-hydroxylation sites is 1. The molecule has 0 spiro atoms. The Balaban J connectivity index is 1.86. The second kappa shape index (κ2) is 4.97. The molecule has 19 heavy (non-hydrogen) atoms. The van der Waals surface area contributed by atoms with Crippen molar-refractivity contribution in [2.45, 2.75) is 13.5 Å². The Morgan fingerprint density at radius 3 is 2.74 bits per heavy atom. The number of nitrogens with zero attached hydrogens (tertiary/aromatic N) is 3. The third-order valence-electron chi connectivity index (χ3n) is 3.01. The second-order valence-corrected chi connectivity index (χ2v) is 5.54. The molecular weight excluding hydrogens is 254 g/mol. The molecule has 0 saturated carbocycles. The van der Waals surface area contributed by atoms with Gasteiger partial charge in [-0.25, -0.2) is 9.97 Å². The van der Waals surface area contributed by atoms with Crippen LogP contribution in [0.2, 0.25) is 0 Å². The largest absolute Gasteiger partial charge is 0.353 e. The van der Waals surface area contributed by atoms with Gasteiger partial charge in [-0.3, -0.25) is 0 Å². The Morgan fingerprint density at radius 2 is 1.95 bits per heavy atom. The van der Waals surface area contributed by atoms with Crippen LogP contribution in [0, 0.1) is 6.92 Å². The number of fused-ring (bicyclic) bond motifs is 1. The first-order chi connectivity index (χ1) is 9.22. The summed E-state index contributed by atoms with van der Waals surface area (Å²) < 4.78 is 0. The highest BCUT2D eigenvalue weighted by atomic mass is 32.1. The molecule has 0 aliphatic heterocycles. The number of hydrogen-bond acceptors (Lipinski definition) is 4. The Bertz CT molecular complexity index is 705. The molecule has 0 amide bonds. The van der Waals surface area contributed by atoms with Crippen LogP contribution in [-0.4, -0.2) is 17.0 Å². The lowest BCUT2D eigenvalue weighted by molar-refractivity contribution is 0.887. The summed E-state index contributed by atoms with van der Waals surface area (Å²) in [5.74, 6) is 0.978. The van der Waals surface area contributed by atoms with Crippen LogP contribution in [0.1, 0.15) is 10.7 Å². The molecule has 4 heteroatoms. The summed E-state index contributed by atoms with van der Waals surface area (Å²) in [6.45, 7) is 2.82. The minimum absolute atomic E-state index is 0.795. The average molecular weight is 269 g/mol. The van der Waals surface area contributed by atoms with Crippen LogP contribution >= 0.6 is 11.3 Å². The van der Waals surface area contributed by atoms with Gasteiger partial charge in [0.1, 0.15) is 10.8 Å². The van der Waals surface area contributed by atoms with Crippen molar-refractivity contribution in [1.29, 1.82) is 0 Å². The molecule has 1 aromatic carbocycles. The van der Waals surface area contributed by atoms with E-state index < -0.39 is 0 Å². The summed E-state index contributed by atoms with van der Waals surface area (Å²) in [5, 5.41) is 4.37. The molecule has 3 aromatic rings. The van der Waals surface area contributed by atoms with Gasteiger partial charge in [-0.2, -0.15) is 0 Å². The first-order valence-corrected chi connectivity index (χ1v) is 7.08. The van der Waals surface area contributed by atoms with Gasteiger partial charge in [-0.15, -0.1) is 11.3 Å². The fraction of sp³-hybridized carbons (Fsp3) is 0.200. The quantitative estimate of drug-likeness (QED) is 0.727. The lowest BCUT2D eigenvalue weighted by atomic mass is 10.2. The van der Waals surface area contributed by atoms with Crippen molar-refractivity contribution in [3.8, 4) is 0 Å². The third-order valence-corrected chi connectivity index (χ3v) is 3.97. The number of rotatable bonds is 3. The Labute approximate surface area is 116 Å². The summed E-state index contributed by atoms with van der Waals surface area (Å²) in [6.07, 6.45) is 0. The zero-order valence-electron chi connectivity index (χ0n) is 11.0. The predicted molar refractivity (Wildman–Crippen MR) is 80.7 cm³/mol. The maximum Gasteiger partial charge on any atom is 0.129 e. The molecule has 96 valence electrons. The molecule has 2 aromatic heterocycles. The van der Waals surface area contributed by atoms with Gasteiger partial charge in [0.05, 0.1) is 12.1 Å².